The smallest absolute Gasteiger partial charge is 0.256 e. The molecule has 134 valence electrons. The number of fused-ring (bicyclic) bond motifs is 2. The standard InChI is InChI=1S/C18H18N4O4/c23-6-4-13-8-20-17-14(9-21-22(17)10-13)18(24)19-5-3-12-1-2-15-16(7-12)26-11-25-15/h1-2,7-10,23H,3-6,11H2,(H,19,24). The molecule has 1 aromatic carbocycles. The van der Waals surface area contributed by atoms with E-state index < -0.39 is 0 Å². The number of benzene rings is 1. The molecule has 8 heteroatoms. The Morgan fingerprint density at radius 2 is 2.08 bits per heavy atom. The lowest BCUT2D eigenvalue weighted by Crippen LogP contribution is -2.25. The van der Waals surface area contributed by atoms with Crippen LogP contribution in [-0.2, 0) is 12.8 Å². The van der Waals surface area contributed by atoms with Crippen molar-refractivity contribution in [3.8, 4) is 11.5 Å². The van der Waals surface area contributed by atoms with Gasteiger partial charge in [-0.2, -0.15) is 5.10 Å². The lowest BCUT2D eigenvalue weighted by atomic mass is 10.1. The minimum Gasteiger partial charge on any atom is -0.454 e. The molecule has 0 bridgehead atoms. The zero-order chi connectivity index (χ0) is 17.9. The maximum atomic E-state index is 12.4. The maximum absolute atomic E-state index is 12.4. The summed E-state index contributed by atoms with van der Waals surface area (Å²) in [6, 6.07) is 5.76. The first-order valence-electron chi connectivity index (χ1n) is 8.34. The summed E-state index contributed by atoms with van der Waals surface area (Å²) in [7, 11) is 0. The number of rotatable bonds is 6. The number of aliphatic hydroxyl groups is 1. The van der Waals surface area contributed by atoms with E-state index in [4.69, 9.17) is 14.6 Å². The SMILES string of the molecule is O=C(NCCc1ccc2c(c1)OCO2)c1cnn2cc(CCO)cnc12. The molecule has 8 nitrogen and oxygen atoms in total. The summed E-state index contributed by atoms with van der Waals surface area (Å²) in [5.41, 5.74) is 2.83. The van der Waals surface area contributed by atoms with E-state index in [1.807, 2.05) is 18.2 Å². The Kier molecular flexibility index (Phi) is 4.40. The van der Waals surface area contributed by atoms with Crippen LogP contribution < -0.4 is 14.8 Å². The molecule has 0 radical (unpaired) electrons. The van der Waals surface area contributed by atoms with Gasteiger partial charge in [0.1, 0.15) is 5.56 Å². The average molecular weight is 354 g/mol. The van der Waals surface area contributed by atoms with Gasteiger partial charge in [0.15, 0.2) is 17.1 Å². The fourth-order valence-electron chi connectivity index (χ4n) is 2.84. The summed E-state index contributed by atoms with van der Waals surface area (Å²) in [4.78, 5) is 16.7. The van der Waals surface area contributed by atoms with Crippen LogP contribution in [0, 0.1) is 0 Å². The lowest BCUT2D eigenvalue weighted by molar-refractivity contribution is 0.0955. The summed E-state index contributed by atoms with van der Waals surface area (Å²) in [6.45, 7) is 0.775. The molecule has 4 rings (SSSR count). The quantitative estimate of drug-likeness (QED) is 0.684. The summed E-state index contributed by atoms with van der Waals surface area (Å²) in [5, 5.41) is 16.0. The van der Waals surface area contributed by atoms with Crippen LogP contribution >= 0.6 is 0 Å². The normalized spacial score (nSPS) is 12.5. The fraction of sp³-hybridized carbons (Fsp3) is 0.278. The van der Waals surface area contributed by atoms with Gasteiger partial charge in [0.25, 0.3) is 5.91 Å². The molecule has 1 aliphatic heterocycles. The second-order valence-corrected chi connectivity index (χ2v) is 5.96. The number of nitrogens with one attached hydrogen (secondary N) is 1. The van der Waals surface area contributed by atoms with Crippen molar-refractivity contribution in [1.82, 2.24) is 19.9 Å². The summed E-state index contributed by atoms with van der Waals surface area (Å²) in [6.07, 6.45) is 6.09. The molecule has 0 saturated carbocycles. The van der Waals surface area contributed by atoms with Crippen molar-refractivity contribution >= 4 is 11.6 Å². The molecule has 3 aromatic rings. The topological polar surface area (TPSA) is 98.0 Å². The lowest BCUT2D eigenvalue weighted by Gasteiger charge is -2.05. The third kappa shape index (κ3) is 3.18. The summed E-state index contributed by atoms with van der Waals surface area (Å²) in [5.74, 6) is 1.26. The van der Waals surface area contributed by atoms with Gasteiger partial charge in [-0.3, -0.25) is 4.79 Å². The Hall–Kier alpha value is -3.13. The van der Waals surface area contributed by atoms with Crippen molar-refractivity contribution in [2.75, 3.05) is 19.9 Å². The van der Waals surface area contributed by atoms with Crippen molar-refractivity contribution in [1.29, 1.82) is 0 Å². The molecule has 2 N–H and O–H groups in total. The first-order valence-corrected chi connectivity index (χ1v) is 8.34. The second kappa shape index (κ2) is 7.01. The van der Waals surface area contributed by atoms with Gasteiger partial charge in [0.2, 0.25) is 6.79 Å². The molecule has 1 amide bonds. The molecule has 0 atom stereocenters. The van der Waals surface area contributed by atoms with Gasteiger partial charge in [-0.05, 0) is 36.1 Å². The van der Waals surface area contributed by atoms with E-state index in [9.17, 15) is 4.79 Å². The van der Waals surface area contributed by atoms with Crippen molar-refractivity contribution < 1.29 is 19.4 Å². The van der Waals surface area contributed by atoms with E-state index in [1.165, 1.54) is 6.20 Å². The molecule has 0 saturated heterocycles. The Morgan fingerprint density at radius 3 is 2.96 bits per heavy atom. The predicted octanol–water partition coefficient (Wildman–Crippen LogP) is 0.965. The summed E-state index contributed by atoms with van der Waals surface area (Å²) < 4.78 is 12.2. The number of carbonyl (C=O) groups excluding carboxylic acids is 1. The second-order valence-electron chi connectivity index (χ2n) is 5.96. The first-order chi connectivity index (χ1) is 12.7. The molecule has 2 aromatic heterocycles. The highest BCUT2D eigenvalue weighted by Crippen LogP contribution is 2.32. The van der Waals surface area contributed by atoms with Gasteiger partial charge in [-0.25, -0.2) is 9.50 Å². The largest absolute Gasteiger partial charge is 0.454 e. The number of aromatic nitrogens is 3. The van der Waals surface area contributed by atoms with Crippen LogP contribution in [0.4, 0.5) is 0 Å². The third-order valence-electron chi connectivity index (χ3n) is 4.19. The maximum Gasteiger partial charge on any atom is 0.256 e. The zero-order valence-corrected chi connectivity index (χ0v) is 14.0. The summed E-state index contributed by atoms with van der Waals surface area (Å²) >= 11 is 0. The Labute approximate surface area is 149 Å². The van der Waals surface area contributed by atoms with Crippen LogP contribution in [0.25, 0.3) is 5.65 Å². The molecular formula is C18H18N4O4. The molecule has 3 heterocycles. The van der Waals surface area contributed by atoms with Crippen LogP contribution in [0.2, 0.25) is 0 Å². The Morgan fingerprint density at radius 1 is 1.19 bits per heavy atom. The third-order valence-corrected chi connectivity index (χ3v) is 4.19. The fourth-order valence-corrected chi connectivity index (χ4v) is 2.84. The molecule has 0 unspecified atom stereocenters. The van der Waals surface area contributed by atoms with E-state index in [0.717, 1.165) is 22.6 Å². The van der Waals surface area contributed by atoms with E-state index >= 15 is 0 Å². The minimum atomic E-state index is -0.219. The number of nitrogens with zero attached hydrogens (tertiary/aromatic N) is 3. The van der Waals surface area contributed by atoms with Crippen molar-refractivity contribution in [2.45, 2.75) is 12.8 Å². The van der Waals surface area contributed by atoms with Crippen LogP contribution in [0.1, 0.15) is 21.5 Å². The number of ether oxygens (including phenoxy) is 2. The van der Waals surface area contributed by atoms with Crippen molar-refractivity contribution in [3.63, 3.8) is 0 Å². The highest BCUT2D eigenvalue weighted by atomic mass is 16.7. The van der Waals surface area contributed by atoms with E-state index in [2.05, 4.69) is 15.4 Å². The molecule has 0 aliphatic carbocycles. The number of hydrogen-bond donors (Lipinski definition) is 2. The van der Waals surface area contributed by atoms with Crippen LogP contribution in [0.3, 0.4) is 0 Å². The van der Waals surface area contributed by atoms with Crippen molar-refractivity contribution in [3.05, 3.63) is 53.5 Å². The van der Waals surface area contributed by atoms with E-state index in [-0.39, 0.29) is 19.3 Å². The molecular weight excluding hydrogens is 336 g/mol. The monoisotopic (exact) mass is 354 g/mol. The van der Waals surface area contributed by atoms with Crippen LogP contribution in [0.5, 0.6) is 11.5 Å². The number of amides is 1. The highest BCUT2D eigenvalue weighted by molar-refractivity contribution is 5.99. The minimum absolute atomic E-state index is 0.0433. The Bertz CT molecular complexity index is 954. The number of aliphatic hydroxyl groups excluding tert-OH is 1. The Balaban J connectivity index is 1.39. The van der Waals surface area contributed by atoms with Gasteiger partial charge in [-0.15, -0.1) is 0 Å². The molecule has 0 fully saturated rings. The van der Waals surface area contributed by atoms with E-state index in [0.29, 0.717) is 30.6 Å². The average Bonchev–Trinajstić information content (AvgIpc) is 3.27. The van der Waals surface area contributed by atoms with Crippen molar-refractivity contribution in [2.24, 2.45) is 0 Å². The van der Waals surface area contributed by atoms with Gasteiger partial charge in [-0.1, -0.05) is 6.07 Å². The highest BCUT2D eigenvalue weighted by Gasteiger charge is 2.15. The van der Waals surface area contributed by atoms with Crippen LogP contribution in [0.15, 0.2) is 36.8 Å². The number of hydrogen-bond acceptors (Lipinski definition) is 6. The first kappa shape index (κ1) is 16.3. The number of carbonyl (C=O) groups is 1. The van der Waals surface area contributed by atoms with E-state index in [1.54, 1.807) is 16.9 Å². The molecule has 26 heavy (non-hydrogen) atoms. The van der Waals surface area contributed by atoms with Crippen LogP contribution in [-0.4, -0.2) is 45.6 Å². The van der Waals surface area contributed by atoms with Gasteiger partial charge in [0.05, 0.1) is 6.20 Å². The van der Waals surface area contributed by atoms with Gasteiger partial charge in [0, 0.05) is 25.5 Å². The molecule has 0 spiro atoms. The van der Waals surface area contributed by atoms with Gasteiger partial charge >= 0.3 is 0 Å². The zero-order valence-electron chi connectivity index (χ0n) is 14.0. The predicted molar refractivity (Wildman–Crippen MR) is 92.4 cm³/mol. The van der Waals surface area contributed by atoms with Gasteiger partial charge < -0.3 is 19.9 Å². The molecule has 1 aliphatic rings.